The summed E-state index contributed by atoms with van der Waals surface area (Å²) in [6, 6.07) is 0.184. The Morgan fingerprint density at radius 2 is 1.50 bits per heavy atom. The highest BCUT2D eigenvalue weighted by Crippen LogP contribution is 2.11. The molecule has 0 unspecified atom stereocenters. The van der Waals surface area contributed by atoms with E-state index in [4.69, 9.17) is 0 Å². The lowest BCUT2D eigenvalue weighted by Crippen LogP contribution is -2.42. The van der Waals surface area contributed by atoms with Crippen molar-refractivity contribution in [1.82, 2.24) is 5.32 Å². The second-order valence-corrected chi connectivity index (χ2v) is 5.94. The molecular formula is C15H29NO2. The van der Waals surface area contributed by atoms with E-state index in [1.54, 1.807) is 0 Å². The fourth-order valence-electron chi connectivity index (χ4n) is 1.88. The van der Waals surface area contributed by atoms with Crippen molar-refractivity contribution in [1.29, 1.82) is 0 Å². The molecule has 0 amide bonds. The van der Waals surface area contributed by atoms with Gasteiger partial charge >= 0.3 is 0 Å². The zero-order chi connectivity index (χ0) is 14.3. The van der Waals surface area contributed by atoms with Gasteiger partial charge < -0.3 is 5.32 Å². The zero-order valence-electron chi connectivity index (χ0n) is 12.7. The van der Waals surface area contributed by atoms with Gasteiger partial charge in [-0.1, -0.05) is 41.5 Å². The van der Waals surface area contributed by atoms with Crippen LogP contribution in [0.2, 0.25) is 0 Å². The van der Waals surface area contributed by atoms with Gasteiger partial charge in [-0.25, -0.2) is 0 Å². The van der Waals surface area contributed by atoms with Crippen LogP contribution >= 0.6 is 0 Å². The number of nitrogens with one attached hydrogen (secondary N) is 1. The van der Waals surface area contributed by atoms with Crippen LogP contribution in [0, 0.1) is 11.8 Å². The van der Waals surface area contributed by atoms with E-state index in [2.05, 4.69) is 5.32 Å². The van der Waals surface area contributed by atoms with Gasteiger partial charge in [-0.05, 0) is 12.8 Å². The number of Topliss-reactive ketones (excluding diaryl/α,β-unsaturated/α-hetero) is 2. The van der Waals surface area contributed by atoms with E-state index in [-0.39, 0.29) is 29.4 Å². The Kier molecular flexibility index (Phi) is 8.08. The Balaban J connectivity index is 4.25. The van der Waals surface area contributed by atoms with Crippen molar-refractivity contribution in [3.05, 3.63) is 0 Å². The SMILES string of the molecule is CC(C)N[C@H](CCCC(=O)C(C)C)C(=O)C(C)C. The Labute approximate surface area is 112 Å². The van der Waals surface area contributed by atoms with Gasteiger partial charge in [0.15, 0.2) is 5.78 Å². The minimum absolute atomic E-state index is 0.0436. The molecule has 0 saturated heterocycles. The summed E-state index contributed by atoms with van der Waals surface area (Å²) in [4.78, 5) is 23.6. The second kappa shape index (κ2) is 8.41. The molecule has 3 heteroatoms. The van der Waals surface area contributed by atoms with Gasteiger partial charge in [0.05, 0.1) is 6.04 Å². The molecule has 3 nitrogen and oxygen atoms in total. The third-order valence-electron chi connectivity index (χ3n) is 3.01. The van der Waals surface area contributed by atoms with Crippen LogP contribution in [-0.4, -0.2) is 23.7 Å². The quantitative estimate of drug-likeness (QED) is 0.689. The summed E-state index contributed by atoms with van der Waals surface area (Å²) in [7, 11) is 0. The fraction of sp³-hybridized carbons (Fsp3) is 0.867. The van der Waals surface area contributed by atoms with Crippen LogP contribution in [0.1, 0.15) is 60.8 Å². The molecule has 18 heavy (non-hydrogen) atoms. The first-order chi connectivity index (χ1) is 8.25. The number of rotatable bonds is 9. The molecule has 0 aliphatic carbocycles. The van der Waals surface area contributed by atoms with Crippen LogP contribution in [0.3, 0.4) is 0 Å². The molecule has 1 atom stereocenters. The normalized spacial score (nSPS) is 13.4. The molecule has 0 aromatic rings. The molecule has 0 aliphatic rings. The first-order valence-electron chi connectivity index (χ1n) is 7.08. The van der Waals surface area contributed by atoms with Crippen molar-refractivity contribution in [3.63, 3.8) is 0 Å². The maximum Gasteiger partial charge on any atom is 0.152 e. The number of ketones is 2. The van der Waals surface area contributed by atoms with Crippen LogP contribution in [0.4, 0.5) is 0 Å². The Bertz CT molecular complexity index is 270. The van der Waals surface area contributed by atoms with E-state index in [1.807, 2.05) is 41.5 Å². The first kappa shape index (κ1) is 17.3. The average Bonchev–Trinajstić information content (AvgIpc) is 2.25. The van der Waals surface area contributed by atoms with Gasteiger partial charge in [-0.15, -0.1) is 0 Å². The van der Waals surface area contributed by atoms with Gasteiger partial charge in [-0.2, -0.15) is 0 Å². The van der Waals surface area contributed by atoms with E-state index < -0.39 is 0 Å². The number of carbonyl (C=O) groups is 2. The van der Waals surface area contributed by atoms with E-state index in [9.17, 15) is 9.59 Å². The average molecular weight is 255 g/mol. The Morgan fingerprint density at radius 1 is 0.944 bits per heavy atom. The topological polar surface area (TPSA) is 46.2 Å². The molecule has 0 fully saturated rings. The number of hydrogen-bond acceptors (Lipinski definition) is 3. The lowest BCUT2D eigenvalue weighted by molar-refractivity contribution is -0.125. The highest BCUT2D eigenvalue weighted by atomic mass is 16.1. The maximum atomic E-state index is 12.0. The summed E-state index contributed by atoms with van der Waals surface area (Å²) in [5.74, 6) is 0.681. The van der Waals surface area contributed by atoms with E-state index in [0.29, 0.717) is 12.5 Å². The molecule has 0 aliphatic heterocycles. The highest BCUT2D eigenvalue weighted by molar-refractivity contribution is 5.86. The van der Waals surface area contributed by atoms with Gasteiger partial charge in [0.25, 0.3) is 0 Å². The zero-order valence-corrected chi connectivity index (χ0v) is 12.7. The van der Waals surface area contributed by atoms with Crippen LogP contribution < -0.4 is 5.32 Å². The van der Waals surface area contributed by atoms with Crippen molar-refractivity contribution < 1.29 is 9.59 Å². The molecule has 0 rings (SSSR count). The summed E-state index contributed by atoms with van der Waals surface area (Å²) in [5.41, 5.74) is 0. The third-order valence-corrected chi connectivity index (χ3v) is 3.01. The monoisotopic (exact) mass is 255 g/mol. The number of carbonyl (C=O) groups excluding carboxylic acids is 2. The van der Waals surface area contributed by atoms with Crippen molar-refractivity contribution in [2.45, 2.75) is 72.9 Å². The fourth-order valence-corrected chi connectivity index (χ4v) is 1.88. The maximum absolute atomic E-state index is 12.0. The predicted octanol–water partition coefficient (Wildman–Crippen LogP) is 2.97. The molecule has 1 N–H and O–H groups in total. The second-order valence-electron chi connectivity index (χ2n) is 5.94. The minimum atomic E-state index is -0.107. The molecular weight excluding hydrogens is 226 g/mol. The minimum Gasteiger partial charge on any atom is -0.305 e. The van der Waals surface area contributed by atoms with Crippen molar-refractivity contribution in [3.8, 4) is 0 Å². The standard InChI is InChI=1S/C15H29NO2/c1-10(2)14(17)9-7-8-13(16-12(5)6)15(18)11(3)4/h10-13,16H,7-9H2,1-6H3/t13-/m1/s1. The smallest absolute Gasteiger partial charge is 0.152 e. The predicted molar refractivity (Wildman–Crippen MR) is 75.6 cm³/mol. The van der Waals surface area contributed by atoms with Crippen molar-refractivity contribution in [2.75, 3.05) is 0 Å². The summed E-state index contributed by atoms with van der Waals surface area (Å²) in [6.45, 7) is 11.8. The van der Waals surface area contributed by atoms with E-state index >= 15 is 0 Å². The third kappa shape index (κ3) is 6.90. The highest BCUT2D eigenvalue weighted by Gasteiger charge is 2.21. The summed E-state index contributed by atoms with van der Waals surface area (Å²) < 4.78 is 0. The van der Waals surface area contributed by atoms with Crippen molar-refractivity contribution >= 4 is 11.6 Å². The van der Waals surface area contributed by atoms with Crippen LogP contribution in [0.15, 0.2) is 0 Å². The molecule has 0 bridgehead atoms. The molecule has 0 aromatic carbocycles. The van der Waals surface area contributed by atoms with Crippen LogP contribution in [0.25, 0.3) is 0 Å². The number of hydrogen-bond donors (Lipinski definition) is 1. The van der Waals surface area contributed by atoms with Gasteiger partial charge in [0.1, 0.15) is 5.78 Å². The van der Waals surface area contributed by atoms with Gasteiger partial charge in [0, 0.05) is 24.3 Å². The molecule has 0 radical (unpaired) electrons. The largest absolute Gasteiger partial charge is 0.305 e. The molecule has 0 heterocycles. The Hall–Kier alpha value is -0.700. The first-order valence-corrected chi connectivity index (χ1v) is 7.08. The summed E-state index contributed by atoms with van der Waals surface area (Å²) in [5, 5.41) is 3.30. The molecule has 0 saturated carbocycles. The molecule has 0 spiro atoms. The summed E-state index contributed by atoms with van der Waals surface area (Å²) in [6.07, 6.45) is 2.13. The Morgan fingerprint density at radius 3 is 1.89 bits per heavy atom. The van der Waals surface area contributed by atoms with Gasteiger partial charge in [-0.3, -0.25) is 9.59 Å². The van der Waals surface area contributed by atoms with E-state index in [0.717, 1.165) is 12.8 Å². The summed E-state index contributed by atoms with van der Waals surface area (Å²) >= 11 is 0. The van der Waals surface area contributed by atoms with E-state index in [1.165, 1.54) is 0 Å². The lowest BCUT2D eigenvalue weighted by atomic mass is 9.95. The lowest BCUT2D eigenvalue weighted by Gasteiger charge is -2.22. The van der Waals surface area contributed by atoms with Crippen molar-refractivity contribution in [2.24, 2.45) is 11.8 Å². The van der Waals surface area contributed by atoms with Crippen LogP contribution in [-0.2, 0) is 9.59 Å². The van der Waals surface area contributed by atoms with Crippen LogP contribution in [0.5, 0.6) is 0 Å². The molecule has 0 aromatic heterocycles. The molecule has 106 valence electrons. The van der Waals surface area contributed by atoms with Gasteiger partial charge in [0.2, 0.25) is 0 Å².